The summed E-state index contributed by atoms with van der Waals surface area (Å²) in [5, 5.41) is 11.3. The SMILES string of the molecule is CCCCCCCCCCCCCCC(=O)N[C@@H](CC(N)=O)C(=O)O. The van der Waals surface area contributed by atoms with E-state index >= 15 is 0 Å². The number of rotatable bonds is 17. The van der Waals surface area contributed by atoms with Crippen LogP contribution >= 0.6 is 0 Å². The van der Waals surface area contributed by atoms with Crippen LogP contribution in [-0.4, -0.2) is 28.9 Å². The van der Waals surface area contributed by atoms with E-state index in [9.17, 15) is 14.4 Å². The van der Waals surface area contributed by atoms with Crippen LogP contribution in [0.2, 0.25) is 0 Å². The molecule has 0 aromatic heterocycles. The highest BCUT2D eigenvalue weighted by Crippen LogP contribution is 2.12. The Kier molecular flexibility index (Phi) is 14.9. The largest absolute Gasteiger partial charge is 0.480 e. The fraction of sp³-hybridized carbons (Fsp3) is 0.842. The molecule has 4 N–H and O–H groups in total. The van der Waals surface area contributed by atoms with Crippen LogP contribution in [0.5, 0.6) is 0 Å². The molecule has 0 fully saturated rings. The van der Waals surface area contributed by atoms with Gasteiger partial charge in [0.1, 0.15) is 6.04 Å². The van der Waals surface area contributed by atoms with Gasteiger partial charge in [0.15, 0.2) is 0 Å². The third-order valence-electron chi connectivity index (χ3n) is 4.30. The average Bonchev–Trinajstić information content (AvgIpc) is 2.54. The molecular weight excluding hydrogens is 320 g/mol. The van der Waals surface area contributed by atoms with Crippen LogP contribution in [0.1, 0.15) is 96.8 Å². The van der Waals surface area contributed by atoms with Crippen molar-refractivity contribution in [3.8, 4) is 0 Å². The van der Waals surface area contributed by atoms with Gasteiger partial charge in [-0.05, 0) is 6.42 Å². The summed E-state index contributed by atoms with van der Waals surface area (Å²) in [6.45, 7) is 2.23. The van der Waals surface area contributed by atoms with E-state index in [0.717, 1.165) is 19.3 Å². The number of nitrogens with one attached hydrogen (secondary N) is 1. The fourth-order valence-corrected chi connectivity index (χ4v) is 2.79. The van der Waals surface area contributed by atoms with Crippen LogP contribution in [0.3, 0.4) is 0 Å². The minimum absolute atomic E-state index is 0.292. The number of carboxylic acid groups (broad SMARTS) is 1. The zero-order chi connectivity index (χ0) is 18.9. The maximum Gasteiger partial charge on any atom is 0.326 e. The predicted octanol–water partition coefficient (Wildman–Crippen LogP) is 3.52. The van der Waals surface area contributed by atoms with Crippen molar-refractivity contribution in [1.29, 1.82) is 0 Å². The summed E-state index contributed by atoms with van der Waals surface area (Å²) in [6.07, 6.45) is 14.5. The van der Waals surface area contributed by atoms with Crippen LogP contribution in [0.15, 0.2) is 0 Å². The lowest BCUT2D eigenvalue weighted by atomic mass is 10.0. The highest BCUT2D eigenvalue weighted by molar-refractivity contribution is 5.88. The molecule has 146 valence electrons. The lowest BCUT2D eigenvalue weighted by molar-refractivity contribution is -0.143. The molecule has 0 bridgehead atoms. The van der Waals surface area contributed by atoms with E-state index in [0.29, 0.717) is 6.42 Å². The summed E-state index contributed by atoms with van der Waals surface area (Å²) >= 11 is 0. The molecule has 0 saturated heterocycles. The topological polar surface area (TPSA) is 109 Å². The molecule has 0 aromatic rings. The van der Waals surface area contributed by atoms with Crippen molar-refractivity contribution in [2.75, 3.05) is 0 Å². The molecule has 0 unspecified atom stereocenters. The summed E-state index contributed by atoms with van der Waals surface area (Å²) in [4.78, 5) is 33.4. The Hall–Kier alpha value is -1.59. The van der Waals surface area contributed by atoms with Gasteiger partial charge in [0.2, 0.25) is 11.8 Å². The van der Waals surface area contributed by atoms with Crippen LogP contribution in [0.25, 0.3) is 0 Å². The van der Waals surface area contributed by atoms with Crippen molar-refractivity contribution in [3.05, 3.63) is 0 Å². The fourth-order valence-electron chi connectivity index (χ4n) is 2.79. The number of carbonyl (C=O) groups is 3. The van der Waals surface area contributed by atoms with Gasteiger partial charge >= 0.3 is 5.97 Å². The van der Waals surface area contributed by atoms with Gasteiger partial charge in [0.25, 0.3) is 0 Å². The second-order valence-corrected chi connectivity index (χ2v) is 6.77. The van der Waals surface area contributed by atoms with Gasteiger partial charge < -0.3 is 16.2 Å². The first-order valence-corrected chi connectivity index (χ1v) is 9.77. The number of hydrogen-bond donors (Lipinski definition) is 3. The zero-order valence-electron chi connectivity index (χ0n) is 15.7. The maximum absolute atomic E-state index is 11.7. The smallest absolute Gasteiger partial charge is 0.326 e. The second kappa shape index (κ2) is 15.9. The molecule has 6 nitrogen and oxygen atoms in total. The van der Waals surface area contributed by atoms with Crippen LogP contribution in [0, 0.1) is 0 Å². The maximum atomic E-state index is 11.7. The second-order valence-electron chi connectivity index (χ2n) is 6.77. The number of aliphatic carboxylic acids is 1. The molecule has 0 radical (unpaired) electrons. The number of unbranched alkanes of at least 4 members (excludes halogenated alkanes) is 11. The number of nitrogens with two attached hydrogens (primary N) is 1. The lowest BCUT2D eigenvalue weighted by Gasteiger charge is -2.12. The van der Waals surface area contributed by atoms with E-state index in [1.165, 1.54) is 57.8 Å². The minimum Gasteiger partial charge on any atom is -0.480 e. The van der Waals surface area contributed by atoms with Gasteiger partial charge in [0, 0.05) is 6.42 Å². The Bertz CT molecular complexity index is 386. The molecule has 0 aliphatic rings. The van der Waals surface area contributed by atoms with Crippen LogP contribution in [0.4, 0.5) is 0 Å². The monoisotopic (exact) mass is 356 g/mol. The Morgan fingerprint density at radius 3 is 1.68 bits per heavy atom. The summed E-state index contributed by atoms with van der Waals surface area (Å²) in [6, 6.07) is -1.22. The first kappa shape index (κ1) is 23.4. The van der Waals surface area contributed by atoms with Crippen LogP contribution in [-0.2, 0) is 14.4 Å². The molecule has 25 heavy (non-hydrogen) atoms. The van der Waals surface area contributed by atoms with Crippen molar-refractivity contribution >= 4 is 17.8 Å². The van der Waals surface area contributed by atoms with Gasteiger partial charge in [-0.1, -0.05) is 77.6 Å². The van der Waals surface area contributed by atoms with E-state index < -0.39 is 17.9 Å². The summed E-state index contributed by atoms with van der Waals surface area (Å²) in [5.41, 5.74) is 4.97. The third kappa shape index (κ3) is 15.7. The molecule has 6 heteroatoms. The van der Waals surface area contributed by atoms with Gasteiger partial charge in [-0.2, -0.15) is 0 Å². The van der Waals surface area contributed by atoms with E-state index in [1.807, 2.05) is 0 Å². The predicted molar refractivity (Wildman–Crippen MR) is 99.1 cm³/mol. The Balaban J connectivity index is 3.50. The number of primary amides is 1. The first-order chi connectivity index (χ1) is 12.0. The van der Waals surface area contributed by atoms with Gasteiger partial charge in [0.05, 0.1) is 6.42 Å². The molecular formula is C19H36N2O4. The normalized spacial score (nSPS) is 11.9. The standard InChI is InChI=1S/C19H36N2O4/c1-2-3-4-5-6-7-8-9-10-11-12-13-14-18(23)21-16(19(24)25)15-17(20)22/h16H,2-15H2,1H3,(H2,20,22)(H,21,23)(H,24,25)/t16-/m0/s1. The van der Waals surface area contributed by atoms with Crippen LogP contribution < -0.4 is 11.1 Å². The Morgan fingerprint density at radius 1 is 0.840 bits per heavy atom. The van der Waals surface area contributed by atoms with E-state index in [1.54, 1.807) is 0 Å². The lowest BCUT2D eigenvalue weighted by Crippen LogP contribution is -2.43. The molecule has 0 heterocycles. The molecule has 2 amide bonds. The number of carboxylic acids is 1. The zero-order valence-corrected chi connectivity index (χ0v) is 15.7. The first-order valence-electron chi connectivity index (χ1n) is 9.77. The molecule has 0 saturated carbocycles. The van der Waals surface area contributed by atoms with Crippen molar-refractivity contribution in [2.24, 2.45) is 5.73 Å². The summed E-state index contributed by atoms with van der Waals surface area (Å²) in [7, 11) is 0. The molecule has 0 spiro atoms. The van der Waals surface area contributed by atoms with E-state index in [-0.39, 0.29) is 12.3 Å². The van der Waals surface area contributed by atoms with E-state index in [2.05, 4.69) is 12.2 Å². The Labute approximate surface area is 151 Å². The van der Waals surface area contributed by atoms with Gasteiger partial charge in [-0.3, -0.25) is 9.59 Å². The average molecular weight is 357 g/mol. The Morgan fingerprint density at radius 2 is 1.28 bits per heavy atom. The number of amides is 2. The van der Waals surface area contributed by atoms with Crippen molar-refractivity contribution in [2.45, 2.75) is 103 Å². The third-order valence-corrected chi connectivity index (χ3v) is 4.30. The van der Waals surface area contributed by atoms with Gasteiger partial charge in [-0.25, -0.2) is 4.79 Å². The van der Waals surface area contributed by atoms with Gasteiger partial charge in [-0.15, -0.1) is 0 Å². The quantitative estimate of drug-likeness (QED) is 0.346. The van der Waals surface area contributed by atoms with E-state index in [4.69, 9.17) is 10.8 Å². The molecule has 0 rings (SSSR count). The highest BCUT2D eigenvalue weighted by atomic mass is 16.4. The molecule has 1 atom stereocenters. The summed E-state index contributed by atoms with van der Waals surface area (Å²) in [5.74, 6) is -2.30. The number of carbonyl (C=O) groups excluding carboxylic acids is 2. The van der Waals surface area contributed by atoms with Crippen molar-refractivity contribution in [1.82, 2.24) is 5.32 Å². The van der Waals surface area contributed by atoms with Crippen molar-refractivity contribution in [3.63, 3.8) is 0 Å². The molecule has 0 aliphatic carbocycles. The highest BCUT2D eigenvalue weighted by Gasteiger charge is 2.21. The molecule has 0 aliphatic heterocycles. The van der Waals surface area contributed by atoms with Crippen molar-refractivity contribution < 1.29 is 19.5 Å². The minimum atomic E-state index is -1.23. The number of hydrogen-bond acceptors (Lipinski definition) is 3. The summed E-state index contributed by atoms with van der Waals surface area (Å²) < 4.78 is 0. The molecule has 0 aromatic carbocycles.